The van der Waals surface area contributed by atoms with Crippen LogP contribution < -0.4 is 5.32 Å². The monoisotopic (exact) mass is 431 g/mol. The van der Waals surface area contributed by atoms with Gasteiger partial charge in [0, 0.05) is 23.5 Å². The molecule has 4 nitrogen and oxygen atoms in total. The molecule has 5 aromatic rings. The summed E-state index contributed by atoms with van der Waals surface area (Å²) in [6.45, 7) is 6.07. The van der Waals surface area contributed by atoms with Gasteiger partial charge in [-0.1, -0.05) is 60.7 Å². The number of hydrogen-bond donors (Lipinski definition) is 1. The van der Waals surface area contributed by atoms with Gasteiger partial charge in [0.15, 0.2) is 5.65 Å². The predicted molar refractivity (Wildman–Crippen MR) is 135 cm³/mol. The zero-order chi connectivity index (χ0) is 22.9. The zero-order valence-corrected chi connectivity index (χ0v) is 19.0. The Morgan fingerprint density at radius 3 is 2.18 bits per heavy atom. The Labute approximate surface area is 193 Å². The molecule has 0 saturated carbocycles. The third kappa shape index (κ3) is 4.15. The van der Waals surface area contributed by atoms with Crippen molar-refractivity contribution in [2.45, 2.75) is 20.8 Å². The first-order valence-corrected chi connectivity index (χ1v) is 11.0. The minimum absolute atomic E-state index is 0.137. The molecule has 0 unspecified atom stereocenters. The summed E-state index contributed by atoms with van der Waals surface area (Å²) < 4.78 is 1.98. The smallest absolute Gasteiger partial charge is 0.255 e. The molecule has 3 aromatic carbocycles. The molecule has 0 radical (unpaired) electrons. The molecule has 1 amide bonds. The maximum atomic E-state index is 12.9. The summed E-state index contributed by atoms with van der Waals surface area (Å²) in [6, 6.07) is 26.4. The summed E-state index contributed by atoms with van der Waals surface area (Å²) in [5, 5.41) is 3.06. The van der Waals surface area contributed by atoms with Crippen LogP contribution in [0.25, 0.3) is 28.0 Å². The number of hydrogen-bond acceptors (Lipinski definition) is 2. The SMILES string of the molecule is Cc1cc(NC(=O)c2ccc(C)c(C)c2)c2nc(-c3ccc(-c4ccccc4)cc3)cn2c1. The third-order valence-corrected chi connectivity index (χ3v) is 5.99. The highest BCUT2D eigenvalue weighted by molar-refractivity contribution is 6.06. The van der Waals surface area contributed by atoms with E-state index < -0.39 is 0 Å². The van der Waals surface area contributed by atoms with E-state index in [-0.39, 0.29) is 5.91 Å². The van der Waals surface area contributed by atoms with E-state index in [9.17, 15) is 4.79 Å². The van der Waals surface area contributed by atoms with Crippen LogP contribution in [0.4, 0.5) is 5.69 Å². The van der Waals surface area contributed by atoms with Crippen LogP contribution in [0.2, 0.25) is 0 Å². The fourth-order valence-corrected chi connectivity index (χ4v) is 4.01. The summed E-state index contributed by atoms with van der Waals surface area (Å²) in [6.07, 6.45) is 4.03. The average Bonchev–Trinajstić information content (AvgIpc) is 3.26. The number of nitrogens with one attached hydrogen (secondary N) is 1. The van der Waals surface area contributed by atoms with Crippen molar-refractivity contribution >= 4 is 17.2 Å². The van der Waals surface area contributed by atoms with Gasteiger partial charge in [-0.25, -0.2) is 4.98 Å². The van der Waals surface area contributed by atoms with E-state index >= 15 is 0 Å². The third-order valence-electron chi connectivity index (χ3n) is 5.99. The standard InChI is InChI=1S/C29H25N3O/c1-19-15-26(31-29(33)25-10-9-20(2)21(3)16-25)28-30-27(18-32(28)17-19)24-13-11-23(12-14-24)22-7-5-4-6-8-22/h4-18H,1-3H3,(H,31,33). The van der Waals surface area contributed by atoms with E-state index in [4.69, 9.17) is 4.98 Å². The normalized spacial score (nSPS) is 11.0. The van der Waals surface area contributed by atoms with Crippen molar-refractivity contribution < 1.29 is 4.79 Å². The van der Waals surface area contributed by atoms with E-state index in [1.165, 1.54) is 16.7 Å². The molecule has 0 saturated heterocycles. The number of nitrogens with zero attached hydrogens (tertiary/aromatic N) is 2. The second-order valence-electron chi connectivity index (χ2n) is 8.48. The molecule has 0 atom stereocenters. The van der Waals surface area contributed by atoms with Crippen molar-refractivity contribution in [3.8, 4) is 22.4 Å². The molecule has 162 valence electrons. The molecule has 1 N–H and O–H groups in total. The maximum absolute atomic E-state index is 12.9. The first-order chi connectivity index (χ1) is 16.0. The first kappa shape index (κ1) is 20.7. The molecular formula is C29H25N3O. The van der Waals surface area contributed by atoms with Crippen molar-refractivity contribution in [3.05, 3.63) is 114 Å². The Morgan fingerprint density at radius 1 is 0.758 bits per heavy atom. The zero-order valence-electron chi connectivity index (χ0n) is 19.0. The number of carbonyl (C=O) groups excluding carboxylic acids is 1. The Hall–Kier alpha value is -4.18. The first-order valence-electron chi connectivity index (χ1n) is 11.0. The van der Waals surface area contributed by atoms with Gasteiger partial charge in [0.2, 0.25) is 0 Å². The number of pyridine rings is 1. The number of imidazole rings is 1. The Kier molecular flexibility index (Phi) is 5.27. The fourth-order valence-electron chi connectivity index (χ4n) is 4.01. The van der Waals surface area contributed by atoms with Crippen molar-refractivity contribution in [1.29, 1.82) is 0 Å². The lowest BCUT2D eigenvalue weighted by atomic mass is 10.0. The van der Waals surface area contributed by atoms with Crippen LogP contribution in [-0.4, -0.2) is 15.3 Å². The molecule has 0 aliphatic heterocycles. The summed E-state index contributed by atoms with van der Waals surface area (Å²) in [7, 11) is 0. The van der Waals surface area contributed by atoms with Crippen molar-refractivity contribution in [1.82, 2.24) is 9.38 Å². The van der Waals surface area contributed by atoms with Crippen LogP contribution in [0, 0.1) is 20.8 Å². The maximum Gasteiger partial charge on any atom is 0.255 e. The molecular weight excluding hydrogens is 406 g/mol. The molecule has 5 rings (SSSR count). The largest absolute Gasteiger partial charge is 0.319 e. The van der Waals surface area contributed by atoms with Crippen molar-refractivity contribution in [3.63, 3.8) is 0 Å². The summed E-state index contributed by atoms with van der Waals surface area (Å²) >= 11 is 0. The number of benzene rings is 3. The molecule has 2 heterocycles. The number of rotatable bonds is 4. The molecule has 0 aliphatic rings. The van der Waals surface area contributed by atoms with Crippen molar-refractivity contribution in [2.24, 2.45) is 0 Å². The Balaban J connectivity index is 1.47. The highest BCUT2D eigenvalue weighted by Gasteiger charge is 2.13. The van der Waals surface area contributed by atoms with E-state index in [0.717, 1.165) is 28.0 Å². The van der Waals surface area contributed by atoms with Gasteiger partial charge in [0.1, 0.15) is 0 Å². The fraction of sp³-hybridized carbons (Fsp3) is 0.103. The van der Waals surface area contributed by atoms with Gasteiger partial charge in [-0.05, 0) is 66.8 Å². The quantitative estimate of drug-likeness (QED) is 0.338. The topological polar surface area (TPSA) is 46.4 Å². The van der Waals surface area contributed by atoms with Crippen molar-refractivity contribution in [2.75, 3.05) is 5.32 Å². The average molecular weight is 432 g/mol. The molecule has 33 heavy (non-hydrogen) atoms. The lowest BCUT2D eigenvalue weighted by Gasteiger charge is -2.09. The van der Waals surface area contributed by atoms with Gasteiger partial charge in [-0.2, -0.15) is 0 Å². The summed E-state index contributed by atoms with van der Waals surface area (Å²) in [5.74, 6) is -0.137. The number of aryl methyl sites for hydroxylation is 3. The molecule has 4 heteroatoms. The molecule has 0 fully saturated rings. The van der Waals surface area contributed by atoms with E-state index in [1.54, 1.807) is 0 Å². The summed E-state index contributed by atoms with van der Waals surface area (Å²) in [5.41, 5.74) is 9.61. The van der Waals surface area contributed by atoms with Gasteiger partial charge >= 0.3 is 0 Å². The molecule has 2 aromatic heterocycles. The Bertz CT molecular complexity index is 1460. The lowest BCUT2D eigenvalue weighted by Crippen LogP contribution is -2.13. The minimum atomic E-state index is -0.137. The van der Waals surface area contributed by atoms with Crippen LogP contribution in [0.15, 0.2) is 91.3 Å². The number of amides is 1. The minimum Gasteiger partial charge on any atom is -0.319 e. The van der Waals surface area contributed by atoms with Gasteiger partial charge in [0.25, 0.3) is 5.91 Å². The second kappa shape index (κ2) is 8.40. The van der Waals surface area contributed by atoms with E-state index in [0.29, 0.717) is 11.3 Å². The Morgan fingerprint density at radius 2 is 1.45 bits per heavy atom. The molecule has 0 aliphatic carbocycles. The second-order valence-corrected chi connectivity index (χ2v) is 8.48. The van der Waals surface area contributed by atoms with Gasteiger partial charge in [0.05, 0.1) is 11.4 Å². The van der Waals surface area contributed by atoms with Crippen LogP contribution in [0.3, 0.4) is 0 Å². The van der Waals surface area contributed by atoms with Crippen LogP contribution in [-0.2, 0) is 0 Å². The number of aromatic nitrogens is 2. The van der Waals surface area contributed by atoms with E-state index in [1.807, 2.05) is 80.0 Å². The van der Waals surface area contributed by atoms with Gasteiger partial charge in [-0.3, -0.25) is 4.79 Å². The number of carbonyl (C=O) groups is 1. The van der Waals surface area contributed by atoms with Gasteiger partial charge < -0.3 is 9.72 Å². The molecule has 0 bridgehead atoms. The van der Waals surface area contributed by atoms with Crippen LogP contribution in [0.1, 0.15) is 27.0 Å². The van der Waals surface area contributed by atoms with Crippen LogP contribution in [0.5, 0.6) is 0 Å². The van der Waals surface area contributed by atoms with Crippen LogP contribution >= 0.6 is 0 Å². The van der Waals surface area contributed by atoms with E-state index in [2.05, 4.69) is 41.7 Å². The predicted octanol–water partition coefficient (Wildman–Crippen LogP) is 6.85. The molecule has 0 spiro atoms. The highest BCUT2D eigenvalue weighted by atomic mass is 16.1. The number of anilines is 1. The number of fused-ring (bicyclic) bond motifs is 1. The highest BCUT2D eigenvalue weighted by Crippen LogP contribution is 2.27. The lowest BCUT2D eigenvalue weighted by molar-refractivity contribution is 0.102. The summed E-state index contributed by atoms with van der Waals surface area (Å²) in [4.78, 5) is 17.8. The van der Waals surface area contributed by atoms with Gasteiger partial charge in [-0.15, -0.1) is 0 Å².